The van der Waals surface area contributed by atoms with Crippen LogP contribution < -0.4 is 42.5 Å². The van der Waals surface area contributed by atoms with Crippen molar-refractivity contribution in [2.24, 2.45) is 47.3 Å². The quantitative estimate of drug-likeness (QED) is 0.136. The third-order valence-electron chi connectivity index (χ3n) is 14.6. The van der Waals surface area contributed by atoms with Gasteiger partial charge < -0.3 is 0 Å². The Kier molecular flexibility index (Phi) is 10.1. The molecule has 4 aliphatic carbocycles. The molecular formula is C32H56N8NiO6S2. The second-order valence-electron chi connectivity index (χ2n) is 16.8. The van der Waals surface area contributed by atoms with Gasteiger partial charge in [0.2, 0.25) is 0 Å². The van der Waals surface area contributed by atoms with Crippen molar-refractivity contribution in [2.45, 2.75) is 150 Å². The summed E-state index contributed by atoms with van der Waals surface area (Å²) >= 11 is 0. The minimum atomic E-state index is -4.83. The number of rotatable bonds is 2. The number of hydrogen-bond acceptors (Lipinski definition) is 12. The molecule has 17 heteroatoms. The van der Waals surface area contributed by atoms with Crippen LogP contribution in [-0.2, 0) is 36.7 Å². The van der Waals surface area contributed by atoms with Crippen LogP contribution in [-0.4, -0.2) is 85.8 Å². The fraction of sp³-hybridized carbons (Fsp3) is 1.00. The Labute approximate surface area is 301 Å². The minimum Gasteiger partial charge on any atom is -0.286 e. The zero-order valence-corrected chi connectivity index (χ0v) is 30.6. The molecular weight excluding hydrogens is 715 g/mol. The molecule has 0 radical (unpaired) electrons. The summed E-state index contributed by atoms with van der Waals surface area (Å²) in [6.07, 6.45) is 14.1. The standard InChI is InChI=1S/C32H56N8O6S2.Ni/c41-47(42,43)22-14-13-21-23(24(22)48(44,45)46)32-39-30-20-12-6-5-11-19(20)28(37-30)35-26-16-8-2-1-7-15(16)25(33-26)34-27-17-9-3-4-10-18(17)29(36-27)38-31(21)40-32;/h15-40H,1-14H2,(H,41,42,43)(H,44,45,46);. The Morgan fingerprint density at radius 3 is 0.939 bits per heavy atom. The van der Waals surface area contributed by atoms with Crippen LogP contribution in [0.2, 0.25) is 0 Å². The first-order valence-corrected chi connectivity index (χ1v) is 22.1. The van der Waals surface area contributed by atoms with Crippen molar-refractivity contribution in [1.82, 2.24) is 42.5 Å². The van der Waals surface area contributed by atoms with Gasteiger partial charge in [-0.2, -0.15) is 16.8 Å². The van der Waals surface area contributed by atoms with Gasteiger partial charge in [0.25, 0.3) is 20.2 Å². The molecule has 5 saturated heterocycles. The molecule has 8 bridgehead atoms. The van der Waals surface area contributed by atoms with E-state index in [1.165, 1.54) is 44.9 Å². The number of fused-ring (bicyclic) bond motifs is 20. The van der Waals surface area contributed by atoms with Gasteiger partial charge in [-0.05, 0) is 92.8 Å². The normalized spacial score (nSPS) is 52.7. The molecule has 0 aromatic heterocycles. The summed E-state index contributed by atoms with van der Waals surface area (Å²) in [5.74, 6) is 1.70. The Morgan fingerprint density at radius 1 is 0.367 bits per heavy atom. The summed E-state index contributed by atoms with van der Waals surface area (Å²) < 4.78 is 72.3. The van der Waals surface area contributed by atoms with Crippen molar-refractivity contribution < 1.29 is 42.4 Å². The van der Waals surface area contributed by atoms with Crippen molar-refractivity contribution in [3.63, 3.8) is 0 Å². The Bertz CT molecular complexity index is 1450. The van der Waals surface area contributed by atoms with Crippen LogP contribution in [0.3, 0.4) is 0 Å². The van der Waals surface area contributed by atoms with E-state index >= 15 is 0 Å². The molecule has 0 amide bonds. The summed E-state index contributed by atoms with van der Waals surface area (Å²) in [5, 5.41) is 28.3. The van der Waals surface area contributed by atoms with E-state index in [0.29, 0.717) is 41.9 Å². The van der Waals surface area contributed by atoms with Gasteiger partial charge in [-0.25, -0.2) is 0 Å². The van der Waals surface area contributed by atoms with Crippen molar-refractivity contribution in [3.8, 4) is 0 Å². The minimum absolute atomic E-state index is 0. The molecule has 5 aliphatic heterocycles. The molecule has 18 atom stereocenters. The van der Waals surface area contributed by atoms with Crippen molar-refractivity contribution in [1.29, 1.82) is 0 Å². The molecule has 49 heavy (non-hydrogen) atoms. The van der Waals surface area contributed by atoms with E-state index in [-0.39, 0.29) is 72.0 Å². The van der Waals surface area contributed by atoms with Gasteiger partial charge in [0.1, 0.15) is 10.5 Å². The van der Waals surface area contributed by atoms with Crippen LogP contribution in [0, 0.1) is 47.3 Å². The van der Waals surface area contributed by atoms with Gasteiger partial charge in [0.15, 0.2) is 0 Å². The largest absolute Gasteiger partial charge is 0.286 e. The van der Waals surface area contributed by atoms with E-state index in [0.717, 1.165) is 32.1 Å². The van der Waals surface area contributed by atoms with Crippen molar-refractivity contribution >= 4 is 20.2 Å². The fourth-order valence-electron chi connectivity index (χ4n) is 12.7. The molecule has 9 fully saturated rings. The smallest absolute Gasteiger partial charge is 0.269 e. The fourth-order valence-corrected chi connectivity index (χ4v) is 15.7. The Morgan fingerprint density at radius 2 is 0.653 bits per heavy atom. The summed E-state index contributed by atoms with van der Waals surface area (Å²) in [6, 6.07) is 0. The second-order valence-corrected chi connectivity index (χ2v) is 20.1. The maximum absolute atomic E-state index is 13.1. The molecule has 5 heterocycles. The van der Waals surface area contributed by atoms with Gasteiger partial charge in [-0.15, -0.1) is 0 Å². The SMILES string of the molecule is O=S(=O)(O)C1CCC2C3NC4NC(NC5NC(NC6NC(NC(N3)C2C1S(=O)(=O)O)C1CCCCC61)C1CCCCC51)C1CCCCC41.[Ni]. The maximum Gasteiger partial charge on any atom is 0.269 e. The molecule has 18 unspecified atom stereocenters. The van der Waals surface area contributed by atoms with Crippen LogP contribution in [0.25, 0.3) is 0 Å². The molecule has 4 saturated carbocycles. The second kappa shape index (κ2) is 13.7. The van der Waals surface area contributed by atoms with E-state index < -0.39 is 42.8 Å². The number of nitrogens with one attached hydrogen (secondary N) is 8. The van der Waals surface area contributed by atoms with Gasteiger partial charge >= 0.3 is 0 Å². The predicted molar refractivity (Wildman–Crippen MR) is 179 cm³/mol. The summed E-state index contributed by atoms with van der Waals surface area (Å²) in [5.41, 5.74) is 0. The summed E-state index contributed by atoms with van der Waals surface area (Å²) in [6.45, 7) is 0. The molecule has 0 aromatic carbocycles. The van der Waals surface area contributed by atoms with E-state index in [9.17, 15) is 25.9 Å². The van der Waals surface area contributed by atoms with E-state index in [2.05, 4.69) is 42.5 Å². The monoisotopic (exact) mass is 770 g/mol. The van der Waals surface area contributed by atoms with E-state index in [1.807, 2.05) is 0 Å². The Hall–Kier alpha value is -0.00649. The van der Waals surface area contributed by atoms with E-state index in [4.69, 9.17) is 0 Å². The molecule has 14 nitrogen and oxygen atoms in total. The molecule has 0 aromatic rings. The van der Waals surface area contributed by atoms with Gasteiger partial charge in [-0.1, -0.05) is 38.5 Å². The first kappa shape index (κ1) is 36.0. The van der Waals surface area contributed by atoms with Gasteiger partial charge in [0.05, 0.1) is 49.3 Å². The van der Waals surface area contributed by atoms with Crippen molar-refractivity contribution in [2.75, 3.05) is 0 Å². The zero-order chi connectivity index (χ0) is 32.9. The topological polar surface area (TPSA) is 205 Å². The number of hydrogen-bond donors (Lipinski definition) is 10. The third-order valence-corrected chi connectivity index (χ3v) is 17.4. The van der Waals surface area contributed by atoms with Crippen LogP contribution in [0.4, 0.5) is 0 Å². The molecule has 9 aliphatic rings. The van der Waals surface area contributed by atoms with Gasteiger partial charge in [-0.3, -0.25) is 51.6 Å². The molecule has 10 N–H and O–H groups in total. The van der Waals surface area contributed by atoms with Crippen molar-refractivity contribution in [3.05, 3.63) is 0 Å². The summed E-state index contributed by atoms with van der Waals surface area (Å²) in [4.78, 5) is 0. The average molecular weight is 772 g/mol. The van der Waals surface area contributed by atoms with Crippen LogP contribution in [0.1, 0.15) is 89.9 Å². The average Bonchev–Trinajstić information content (AvgIpc) is 3.79. The Balaban J connectivity index is 0.00000348. The van der Waals surface area contributed by atoms with Crippen LogP contribution >= 0.6 is 0 Å². The van der Waals surface area contributed by atoms with E-state index in [1.54, 1.807) is 0 Å². The summed E-state index contributed by atoms with van der Waals surface area (Å²) in [7, 11) is -9.55. The molecule has 282 valence electrons. The van der Waals surface area contributed by atoms with Gasteiger partial charge in [0, 0.05) is 22.4 Å². The first-order chi connectivity index (χ1) is 23.0. The molecule has 0 spiro atoms. The maximum atomic E-state index is 13.1. The zero-order valence-electron chi connectivity index (χ0n) is 28.0. The predicted octanol–water partition coefficient (Wildman–Crippen LogP) is 0.336. The third kappa shape index (κ3) is 6.40. The van der Waals surface area contributed by atoms with Crippen LogP contribution in [0.5, 0.6) is 0 Å². The molecule has 9 rings (SSSR count). The van der Waals surface area contributed by atoms with Crippen LogP contribution in [0.15, 0.2) is 0 Å². The first-order valence-electron chi connectivity index (χ1n) is 19.1.